The number of ether oxygens (including phenoxy) is 1. The maximum absolute atomic E-state index is 5.56. The van der Waals surface area contributed by atoms with Crippen LogP contribution in [0.2, 0.25) is 0 Å². The minimum absolute atomic E-state index is 0.0564. The molecule has 1 aromatic heterocycles. The van der Waals surface area contributed by atoms with Gasteiger partial charge in [-0.3, -0.25) is 0 Å². The highest BCUT2D eigenvalue weighted by atomic mass is 16.5. The number of anilines is 2. The summed E-state index contributed by atoms with van der Waals surface area (Å²) in [5.41, 5.74) is 0. The molecule has 0 radical (unpaired) electrons. The summed E-state index contributed by atoms with van der Waals surface area (Å²) in [6.07, 6.45) is 2.47. The van der Waals surface area contributed by atoms with E-state index in [4.69, 9.17) is 4.74 Å². The normalized spacial score (nSPS) is 14.7. The summed E-state index contributed by atoms with van der Waals surface area (Å²) >= 11 is 0. The largest absolute Gasteiger partial charge is 0.461 e. The third-order valence-electron chi connectivity index (χ3n) is 2.69. The molecule has 1 aliphatic carbocycles. The van der Waals surface area contributed by atoms with Gasteiger partial charge in [0, 0.05) is 19.6 Å². The molecule has 1 N–H and O–H groups in total. The topological polar surface area (TPSA) is 63.2 Å². The van der Waals surface area contributed by atoms with Crippen molar-refractivity contribution in [1.82, 2.24) is 15.0 Å². The first-order chi connectivity index (χ1) is 8.60. The highest BCUT2D eigenvalue weighted by molar-refractivity contribution is 5.39. The minimum atomic E-state index is 0.0564. The first-order valence-corrected chi connectivity index (χ1v) is 6.49. The SMILES string of the molecule is CCNc1nc(OC(C)C)nc(N(C)C2CC2)n1. The molecule has 1 aliphatic rings. The fraction of sp³-hybridized carbons (Fsp3) is 0.750. The molecule has 2 rings (SSSR count). The van der Waals surface area contributed by atoms with Gasteiger partial charge in [-0.25, -0.2) is 0 Å². The minimum Gasteiger partial charge on any atom is -0.461 e. The zero-order valence-electron chi connectivity index (χ0n) is 11.5. The Kier molecular flexibility index (Phi) is 3.84. The Morgan fingerprint density at radius 1 is 1.33 bits per heavy atom. The molecule has 1 aromatic rings. The molecular formula is C12H21N5O. The van der Waals surface area contributed by atoms with Crippen molar-refractivity contribution < 1.29 is 4.74 Å². The second-order valence-corrected chi connectivity index (χ2v) is 4.78. The lowest BCUT2D eigenvalue weighted by molar-refractivity contribution is 0.222. The van der Waals surface area contributed by atoms with Crippen LogP contribution in [0, 0.1) is 0 Å². The first-order valence-electron chi connectivity index (χ1n) is 6.49. The molecular weight excluding hydrogens is 230 g/mol. The van der Waals surface area contributed by atoms with Gasteiger partial charge in [0.25, 0.3) is 0 Å². The summed E-state index contributed by atoms with van der Waals surface area (Å²) in [6.45, 7) is 6.71. The van der Waals surface area contributed by atoms with E-state index < -0.39 is 0 Å². The van der Waals surface area contributed by atoms with Crippen molar-refractivity contribution in [2.45, 2.75) is 45.8 Å². The van der Waals surface area contributed by atoms with Gasteiger partial charge in [-0.1, -0.05) is 0 Å². The summed E-state index contributed by atoms with van der Waals surface area (Å²) in [5, 5.41) is 3.11. The van der Waals surface area contributed by atoms with E-state index >= 15 is 0 Å². The van der Waals surface area contributed by atoms with Gasteiger partial charge in [0.1, 0.15) is 0 Å². The average molecular weight is 251 g/mol. The molecule has 0 aliphatic heterocycles. The van der Waals surface area contributed by atoms with Gasteiger partial charge >= 0.3 is 6.01 Å². The Bertz CT molecular complexity index is 405. The zero-order valence-corrected chi connectivity index (χ0v) is 11.5. The highest BCUT2D eigenvalue weighted by Gasteiger charge is 2.28. The van der Waals surface area contributed by atoms with Crippen LogP contribution in [0.4, 0.5) is 11.9 Å². The molecule has 18 heavy (non-hydrogen) atoms. The maximum atomic E-state index is 5.56. The fourth-order valence-electron chi connectivity index (χ4n) is 1.63. The zero-order chi connectivity index (χ0) is 13.1. The molecule has 6 nitrogen and oxygen atoms in total. The van der Waals surface area contributed by atoms with Gasteiger partial charge in [0.2, 0.25) is 11.9 Å². The van der Waals surface area contributed by atoms with E-state index in [2.05, 4.69) is 25.2 Å². The lowest BCUT2D eigenvalue weighted by Crippen LogP contribution is -2.23. The molecule has 0 saturated heterocycles. The third kappa shape index (κ3) is 3.21. The van der Waals surface area contributed by atoms with Gasteiger partial charge in [0.05, 0.1) is 6.10 Å². The van der Waals surface area contributed by atoms with Gasteiger partial charge < -0.3 is 15.0 Å². The molecule has 0 bridgehead atoms. The van der Waals surface area contributed by atoms with Crippen LogP contribution in [-0.2, 0) is 0 Å². The Morgan fingerprint density at radius 2 is 2.06 bits per heavy atom. The summed E-state index contributed by atoms with van der Waals surface area (Å²) < 4.78 is 5.56. The van der Waals surface area contributed by atoms with E-state index in [1.165, 1.54) is 12.8 Å². The van der Waals surface area contributed by atoms with Crippen LogP contribution in [0.15, 0.2) is 0 Å². The Hall–Kier alpha value is -1.59. The highest BCUT2D eigenvalue weighted by Crippen LogP contribution is 2.29. The van der Waals surface area contributed by atoms with Crippen molar-refractivity contribution in [3.63, 3.8) is 0 Å². The smallest absolute Gasteiger partial charge is 0.323 e. The predicted molar refractivity (Wildman–Crippen MR) is 71.2 cm³/mol. The standard InChI is InChI=1S/C12H21N5O/c1-5-13-10-14-11(17(4)9-6-7-9)16-12(15-10)18-8(2)3/h8-9H,5-7H2,1-4H3,(H,13,14,15,16). The van der Waals surface area contributed by atoms with E-state index in [0.717, 1.165) is 6.54 Å². The maximum Gasteiger partial charge on any atom is 0.323 e. The molecule has 1 heterocycles. The van der Waals surface area contributed by atoms with Crippen molar-refractivity contribution in [3.8, 4) is 6.01 Å². The Morgan fingerprint density at radius 3 is 2.61 bits per heavy atom. The lowest BCUT2D eigenvalue weighted by atomic mass is 10.5. The van der Waals surface area contributed by atoms with Crippen molar-refractivity contribution >= 4 is 11.9 Å². The van der Waals surface area contributed by atoms with Crippen LogP contribution < -0.4 is 15.0 Å². The van der Waals surface area contributed by atoms with Crippen LogP contribution >= 0.6 is 0 Å². The van der Waals surface area contributed by atoms with Crippen molar-refractivity contribution in [2.24, 2.45) is 0 Å². The fourth-order valence-corrected chi connectivity index (χ4v) is 1.63. The van der Waals surface area contributed by atoms with Crippen LogP contribution in [0.5, 0.6) is 6.01 Å². The Balaban J connectivity index is 2.23. The van der Waals surface area contributed by atoms with Crippen LogP contribution in [0.3, 0.4) is 0 Å². The molecule has 1 fully saturated rings. The second-order valence-electron chi connectivity index (χ2n) is 4.78. The van der Waals surface area contributed by atoms with E-state index in [9.17, 15) is 0 Å². The van der Waals surface area contributed by atoms with E-state index in [1.54, 1.807) is 0 Å². The molecule has 100 valence electrons. The van der Waals surface area contributed by atoms with Gasteiger partial charge in [0.15, 0.2) is 0 Å². The molecule has 1 saturated carbocycles. The number of hydrogen-bond donors (Lipinski definition) is 1. The molecule has 6 heteroatoms. The summed E-state index contributed by atoms with van der Waals surface area (Å²) in [6, 6.07) is 0.951. The van der Waals surface area contributed by atoms with Gasteiger partial charge in [-0.05, 0) is 33.6 Å². The average Bonchev–Trinajstić information content (AvgIpc) is 3.11. The molecule has 0 atom stereocenters. The monoisotopic (exact) mass is 251 g/mol. The van der Waals surface area contributed by atoms with E-state index in [-0.39, 0.29) is 6.10 Å². The van der Waals surface area contributed by atoms with E-state index in [0.29, 0.717) is 23.9 Å². The summed E-state index contributed by atoms with van der Waals surface area (Å²) in [5.74, 6) is 1.25. The molecule has 0 unspecified atom stereocenters. The second kappa shape index (κ2) is 5.37. The van der Waals surface area contributed by atoms with Crippen molar-refractivity contribution in [3.05, 3.63) is 0 Å². The third-order valence-corrected chi connectivity index (χ3v) is 2.69. The van der Waals surface area contributed by atoms with Crippen LogP contribution in [-0.4, -0.2) is 40.7 Å². The molecule has 0 spiro atoms. The number of hydrogen-bond acceptors (Lipinski definition) is 6. The first kappa shape index (κ1) is 12.9. The number of aromatic nitrogens is 3. The number of nitrogens with zero attached hydrogens (tertiary/aromatic N) is 4. The predicted octanol–water partition coefficient (Wildman–Crippen LogP) is 1.69. The van der Waals surface area contributed by atoms with E-state index in [1.807, 2.05) is 27.8 Å². The number of nitrogens with one attached hydrogen (secondary N) is 1. The van der Waals surface area contributed by atoms with Gasteiger partial charge in [-0.15, -0.1) is 0 Å². The lowest BCUT2D eigenvalue weighted by Gasteiger charge is -2.18. The van der Waals surface area contributed by atoms with Crippen LogP contribution in [0.1, 0.15) is 33.6 Å². The Labute approximate surface area is 108 Å². The molecule has 0 amide bonds. The van der Waals surface area contributed by atoms with Crippen molar-refractivity contribution in [1.29, 1.82) is 0 Å². The quantitative estimate of drug-likeness (QED) is 0.830. The summed E-state index contributed by atoms with van der Waals surface area (Å²) in [4.78, 5) is 15.1. The summed E-state index contributed by atoms with van der Waals surface area (Å²) in [7, 11) is 2.02. The number of rotatable bonds is 6. The molecule has 0 aromatic carbocycles. The van der Waals surface area contributed by atoms with Crippen LogP contribution in [0.25, 0.3) is 0 Å². The van der Waals surface area contributed by atoms with Crippen molar-refractivity contribution in [2.75, 3.05) is 23.8 Å². The van der Waals surface area contributed by atoms with Gasteiger partial charge in [-0.2, -0.15) is 15.0 Å².